The molecule has 4 rings (SSSR count). The first-order chi connectivity index (χ1) is 14.0. The predicted molar refractivity (Wildman–Crippen MR) is 122 cm³/mol. The van der Waals surface area contributed by atoms with Crippen LogP contribution in [0.1, 0.15) is 16.7 Å². The van der Waals surface area contributed by atoms with E-state index in [-0.39, 0.29) is 0 Å². The van der Waals surface area contributed by atoms with Crippen LogP contribution in [0.5, 0.6) is 0 Å². The lowest BCUT2D eigenvalue weighted by atomic mass is 9.99. The molecule has 0 aliphatic carbocycles. The third-order valence-corrected chi connectivity index (χ3v) is 5.54. The highest BCUT2D eigenvalue weighted by Crippen LogP contribution is 2.27. The third-order valence-electron chi connectivity index (χ3n) is 5.29. The Hall–Kier alpha value is -3.04. The number of halogens is 1. The second-order valence-electron chi connectivity index (χ2n) is 7.39. The minimum Gasteiger partial charge on any atom is -0.366 e. The second kappa shape index (κ2) is 8.14. The molecule has 0 radical (unpaired) electrons. The molecule has 1 aromatic heterocycles. The van der Waals surface area contributed by atoms with E-state index in [9.17, 15) is 0 Å². The van der Waals surface area contributed by atoms with E-state index in [0.717, 1.165) is 28.6 Å². The molecule has 1 heterocycles. The van der Waals surface area contributed by atoms with E-state index in [1.807, 2.05) is 36.0 Å². The second-order valence-corrected chi connectivity index (χ2v) is 7.83. The van der Waals surface area contributed by atoms with Crippen LogP contribution in [-0.4, -0.2) is 9.78 Å². The van der Waals surface area contributed by atoms with Crippen molar-refractivity contribution in [3.63, 3.8) is 0 Å². The molecule has 146 valence electrons. The number of nitrogens with one attached hydrogen (secondary N) is 1. The fraction of sp³-hybridized carbons (Fsp3) is 0.160. The molecule has 1 N–H and O–H groups in total. The minimum absolute atomic E-state index is 0.724. The van der Waals surface area contributed by atoms with Gasteiger partial charge in [0.05, 0.1) is 5.69 Å². The van der Waals surface area contributed by atoms with Gasteiger partial charge in [-0.2, -0.15) is 5.10 Å². The number of hydrogen-bond acceptors (Lipinski definition) is 2. The zero-order valence-corrected chi connectivity index (χ0v) is 17.7. The summed E-state index contributed by atoms with van der Waals surface area (Å²) in [6, 6.07) is 25.1. The van der Waals surface area contributed by atoms with Crippen LogP contribution >= 0.6 is 11.6 Å². The molecule has 0 atom stereocenters. The van der Waals surface area contributed by atoms with Crippen LogP contribution < -0.4 is 5.32 Å². The fourth-order valence-electron chi connectivity index (χ4n) is 3.32. The predicted octanol–water partition coefficient (Wildman–Crippen LogP) is 6.64. The van der Waals surface area contributed by atoms with Crippen LogP contribution in [0.2, 0.25) is 5.02 Å². The Kier molecular flexibility index (Phi) is 5.41. The molecule has 4 heteroatoms. The van der Waals surface area contributed by atoms with E-state index in [1.165, 1.54) is 27.8 Å². The maximum Gasteiger partial charge on any atom is 0.124 e. The number of rotatable bonds is 5. The van der Waals surface area contributed by atoms with Crippen LogP contribution in [0.4, 0.5) is 5.82 Å². The third kappa shape index (κ3) is 4.36. The number of anilines is 1. The number of nitrogens with zero attached hydrogens (tertiary/aromatic N) is 2. The Balaban J connectivity index is 1.50. The van der Waals surface area contributed by atoms with Crippen molar-refractivity contribution in [3.05, 3.63) is 94.5 Å². The number of hydrogen-bond donors (Lipinski definition) is 1. The van der Waals surface area contributed by atoms with Crippen molar-refractivity contribution in [1.82, 2.24) is 9.78 Å². The average molecular weight is 402 g/mol. The van der Waals surface area contributed by atoms with Crippen molar-refractivity contribution in [3.8, 4) is 22.4 Å². The van der Waals surface area contributed by atoms with Gasteiger partial charge in [0.15, 0.2) is 0 Å². The zero-order chi connectivity index (χ0) is 20.4. The highest BCUT2D eigenvalue weighted by atomic mass is 35.5. The van der Waals surface area contributed by atoms with Crippen molar-refractivity contribution in [2.45, 2.75) is 20.4 Å². The molecule has 0 bridgehead atoms. The summed E-state index contributed by atoms with van der Waals surface area (Å²) in [6.07, 6.45) is 0. The maximum atomic E-state index is 5.96. The highest BCUT2D eigenvalue weighted by molar-refractivity contribution is 6.30. The first-order valence-electron chi connectivity index (χ1n) is 9.70. The van der Waals surface area contributed by atoms with Crippen LogP contribution in [0.3, 0.4) is 0 Å². The number of benzene rings is 3. The zero-order valence-electron chi connectivity index (χ0n) is 16.9. The van der Waals surface area contributed by atoms with Crippen molar-refractivity contribution in [2.24, 2.45) is 7.05 Å². The van der Waals surface area contributed by atoms with Crippen LogP contribution in [-0.2, 0) is 13.6 Å². The molecule has 29 heavy (non-hydrogen) atoms. The van der Waals surface area contributed by atoms with Gasteiger partial charge >= 0.3 is 0 Å². The lowest BCUT2D eigenvalue weighted by Crippen LogP contribution is -2.04. The molecule has 0 saturated carbocycles. The summed E-state index contributed by atoms with van der Waals surface area (Å²) in [4.78, 5) is 0. The maximum absolute atomic E-state index is 5.96. The molecule has 3 nitrogen and oxygen atoms in total. The van der Waals surface area contributed by atoms with E-state index in [2.05, 4.69) is 72.8 Å². The first-order valence-corrected chi connectivity index (χ1v) is 10.1. The fourth-order valence-corrected chi connectivity index (χ4v) is 3.45. The first kappa shape index (κ1) is 19.3. The smallest absolute Gasteiger partial charge is 0.124 e. The Labute approximate surface area is 177 Å². The molecule has 3 aromatic carbocycles. The summed E-state index contributed by atoms with van der Waals surface area (Å²) in [5.41, 5.74) is 8.32. The van der Waals surface area contributed by atoms with E-state index >= 15 is 0 Å². The van der Waals surface area contributed by atoms with Gasteiger partial charge in [0, 0.05) is 30.2 Å². The van der Waals surface area contributed by atoms with Crippen LogP contribution in [0.25, 0.3) is 22.4 Å². The number of aryl methyl sites for hydroxylation is 3. The number of aromatic nitrogens is 2. The van der Waals surface area contributed by atoms with E-state index < -0.39 is 0 Å². The van der Waals surface area contributed by atoms with Gasteiger partial charge in [-0.1, -0.05) is 66.2 Å². The van der Waals surface area contributed by atoms with Gasteiger partial charge < -0.3 is 5.32 Å². The quantitative estimate of drug-likeness (QED) is 0.406. The van der Waals surface area contributed by atoms with E-state index in [4.69, 9.17) is 11.6 Å². The highest BCUT2D eigenvalue weighted by Gasteiger charge is 2.08. The lowest BCUT2D eigenvalue weighted by molar-refractivity contribution is 0.772. The largest absolute Gasteiger partial charge is 0.366 e. The van der Waals surface area contributed by atoms with E-state index in [0.29, 0.717) is 0 Å². The molecule has 0 amide bonds. The molecule has 0 aliphatic rings. The molecule has 0 saturated heterocycles. The topological polar surface area (TPSA) is 29.9 Å². The van der Waals surface area contributed by atoms with Gasteiger partial charge in [-0.15, -0.1) is 0 Å². The molecule has 0 fully saturated rings. The monoisotopic (exact) mass is 401 g/mol. The van der Waals surface area contributed by atoms with Gasteiger partial charge in [0.2, 0.25) is 0 Å². The summed E-state index contributed by atoms with van der Waals surface area (Å²) in [5.74, 6) is 0.980. The summed E-state index contributed by atoms with van der Waals surface area (Å²) < 4.78 is 1.88. The van der Waals surface area contributed by atoms with Crippen molar-refractivity contribution in [2.75, 3.05) is 5.32 Å². The van der Waals surface area contributed by atoms with Gasteiger partial charge in [0.25, 0.3) is 0 Å². The lowest BCUT2D eigenvalue weighted by Gasteiger charge is -2.06. The molecular formula is C25H24ClN3. The summed E-state index contributed by atoms with van der Waals surface area (Å²) >= 11 is 5.96. The molecule has 0 unspecified atom stereocenters. The molecule has 0 spiro atoms. The van der Waals surface area contributed by atoms with Crippen molar-refractivity contribution in [1.29, 1.82) is 0 Å². The Morgan fingerprint density at radius 3 is 2.14 bits per heavy atom. The summed E-state index contributed by atoms with van der Waals surface area (Å²) in [5, 5.41) is 8.86. The van der Waals surface area contributed by atoms with Gasteiger partial charge in [-0.25, -0.2) is 0 Å². The van der Waals surface area contributed by atoms with E-state index in [1.54, 1.807) is 0 Å². The molecule has 4 aromatic rings. The van der Waals surface area contributed by atoms with Crippen molar-refractivity contribution >= 4 is 17.4 Å². The van der Waals surface area contributed by atoms with Gasteiger partial charge in [-0.05, 0) is 53.8 Å². The van der Waals surface area contributed by atoms with Crippen LogP contribution in [0, 0.1) is 13.8 Å². The van der Waals surface area contributed by atoms with Crippen molar-refractivity contribution < 1.29 is 0 Å². The standard InChI is InChI=1S/C25H24ClN3/c1-17-4-7-22(14-18(17)2)20-8-10-21(11-9-20)24-15-25(29(3)28-24)27-16-19-5-12-23(26)13-6-19/h4-15,27H,16H2,1-3H3. The molecular weight excluding hydrogens is 378 g/mol. The Bertz CT molecular complexity index is 1130. The van der Waals surface area contributed by atoms with Gasteiger partial charge in [-0.3, -0.25) is 4.68 Å². The minimum atomic E-state index is 0.724. The molecule has 0 aliphatic heterocycles. The van der Waals surface area contributed by atoms with Gasteiger partial charge in [0.1, 0.15) is 5.82 Å². The Morgan fingerprint density at radius 2 is 1.45 bits per heavy atom. The SMILES string of the molecule is Cc1ccc(-c2ccc(-c3cc(NCc4ccc(Cl)cc4)n(C)n3)cc2)cc1C. The Morgan fingerprint density at radius 1 is 0.793 bits per heavy atom. The average Bonchev–Trinajstić information content (AvgIpc) is 3.10. The summed E-state index contributed by atoms with van der Waals surface area (Å²) in [7, 11) is 1.96. The normalized spacial score (nSPS) is 10.9. The summed E-state index contributed by atoms with van der Waals surface area (Å²) in [6.45, 7) is 5.02. The van der Waals surface area contributed by atoms with Crippen LogP contribution in [0.15, 0.2) is 72.8 Å².